The van der Waals surface area contributed by atoms with Crippen LogP contribution in [0.1, 0.15) is 27.5 Å². The molecule has 3 aromatic carbocycles. The number of methoxy groups -OCH3 is 1. The number of carbonyl (C=O) groups is 2. The number of hydrazine groups is 1. The number of nitrogens with zero attached hydrogens (tertiary/aromatic N) is 1. The molecule has 2 amide bonds. The second kappa shape index (κ2) is 9.02. The summed E-state index contributed by atoms with van der Waals surface area (Å²) in [6.45, 7) is 0. The van der Waals surface area contributed by atoms with Gasteiger partial charge in [-0.25, -0.2) is 0 Å². The third kappa shape index (κ3) is 4.59. The van der Waals surface area contributed by atoms with Crippen LogP contribution in [0.15, 0.2) is 78.9 Å². The summed E-state index contributed by atoms with van der Waals surface area (Å²) in [6, 6.07) is 22.3. The van der Waals surface area contributed by atoms with E-state index in [9.17, 15) is 9.59 Å². The molecule has 0 radical (unpaired) electrons. The lowest BCUT2D eigenvalue weighted by atomic mass is 10.00. The van der Waals surface area contributed by atoms with Crippen LogP contribution in [0.25, 0.3) is 0 Å². The average molecular weight is 435 g/mol. The normalized spacial score (nSPS) is 19.2. The van der Waals surface area contributed by atoms with Crippen molar-refractivity contribution in [3.8, 4) is 5.75 Å². The zero-order chi connectivity index (χ0) is 21.8. The summed E-state index contributed by atoms with van der Waals surface area (Å²) in [5.74, 6) is 0.0857. The number of hydrogen-bond donors (Lipinski definition) is 2. The van der Waals surface area contributed by atoms with Gasteiger partial charge < -0.3 is 10.1 Å². The zero-order valence-electron chi connectivity index (χ0n) is 16.8. The van der Waals surface area contributed by atoms with Gasteiger partial charge in [-0.2, -0.15) is 0 Å². The molecule has 156 valence electrons. The Morgan fingerprint density at radius 1 is 1.06 bits per heavy atom. The minimum absolute atomic E-state index is 0.302. The lowest BCUT2D eigenvalue weighted by Gasteiger charge is -2.15. The van der Waals surface area contributed by atoms with Gasteiger partial charge in [0.05, 0.1) is 7.11 Å². The van der Waals surface area contributed by atoms with Gasteiger partial charge in [0, 0.05) is 21.7 Å². The highest BCUT2D eigenvalue weighted by atomic mass is 35.5. The predicted octanol–water partition coefficient (Wildman–Crippen LogP) is 3.36. The third-order valence-corrected chi connectivity index (χ3v) is 5.31. The number of hydrogen-bond acceptors (Lipinski definition) is 3. The molecule has 6 nitrogen and oxygen atoms in total. The lowest BCUT2D eigenvalue weighted by molar-refractivity contribution is -0.596. The molecule has 2 atom stereocenters. The van der Waals surface area contributed by atoms with E-state index in [0.29, 0.717) is 16.3 Å². The second-order valence-corrected chi connectivity index (χ2v) is 7.54. The van der Waals surface area contributed by atoms with E-state index in [1.807, 2.05) is 48.7 Å². The highest BCUT2D eigenvalue weighted by Gasteiger charge is 2.47. The van der Waals surface area contributed by atoms with E-state index in [1.165, 1.54) is 0 Å². The molecule has 0 bridgehead atoms. The Bertz CT molecular complexity index is 1130. The largest absolute Gasteiger partial charge is 0.497 e. The van der Waals surface area contributed by atoms with Gasteiger partial charge in [0.15, 0.2) is 6.04 Å². The molecular weight excluding hydrogens is 414 g/mol. The fraction of sp³-hybridized carbons (Fsp3) is 0.125. The number of halogens is 1. The first kappa shape index (κ1) is 20.6. The van der Waals surface area contributed by atoms with Crippen LogP contribution in [0.4, 0.5) is 0 Å². The van der Waals surface area contributed by atoms with E-state index in [1.54, 1.807) is 48.2 Å². The van der Waals surface area contributed by atoms with Crippen LogP contribution in [-0.2, 0) is 4.79 Å². The molecule has 0 aliphatic carbocycles. The molecule has 0 aromatic heterocycles. The van der Waals surface area contributed by atoms with Crippen molar-refractivity contribution in [2.45, 2.75) is 12.1 Å². The molecule has 0 spiro atoms. The summed E-state index contributed by atoms with van der Waals surface area (Å²) in [5, 5.41) is 3.47. The van der Waals surface area contributed by atoms with Gasteiger partial charge >= 0.3 is 5.91 Å². The molecule has 0 saturated carbocycles. The fourth-order valence-electron chi connectivity index (χ4n) is 3.54. The maximum atomic E-state index is 12.9. The van der Waals surface area contributed by atoms with E-state index < -0.39 is 12.1 Å². The van der Waals surface area contributed by atoms with Crippen LogP contribution in [0, 0.1) is 0 Å². The topological polar surface area (TPSA) is 70.4 Å². The molecule has 4 rings (SSSR count). The summed E-state index contributed by atoms with van der Waals surface area (Å²) < 4.78 is 6.99. The van der Waals surface area contributed by atoms with Crippen molar-refractivity contribution in [3.63, 3.8) is 0 Å². The Hall–Kier alpha value is -3.64. The maximum absolute atomic E-state index is 12.9. The zero-order valence-corrected chi connectivity index (χ0v) is 17.5. The minimum atomic E-state index is -0.796. The van der Waals surface area contributed by atoms with Gasteiger partial charge in [0.2, 0.25) is 12.3 Å². The van der Waals surface area contributed by atoms with Gasteiger partial charge in [0.25, 0.3) is 5.91 Å². The van der Waals surface area contributed by atoms with Crippen molar-refractivity contribution in [2.24, 2.45) is 0 Å². The van der Waals surface area contributed by atoms with E-state index in [2.05, 4.69) is 10.7 Å². The maximum Gasteiger partial charge on any atom is 0.304 e. The van der Waals surface area contributed by atoms with Crippen molar-refractivity contribution in [1.82, 2.24) is 10.7 Å². The smallest absolute Gasteiger partial charge is 0.304 e. The first-order valence-electron chi connectivity index (χ1n) is 9.74. The Kier molecular flexibility index (Phi) is 6.00. The van der Waals surface area contributed by atoms with Crippen LogP contribution in [0.5, 0.6) is 5.75 Å². The molecule has 1 heterocycles. The number of hydrazone groups is 1. The van der Waals surface area contributed by atoms with Crippen molar-refractivity contribution in [3.05, 3.63) is 101 Å². The number of rotatable bonds is 5. The van der Waals surface area contributed by atoms with Gasteiger partial charge in [-0.05, 0) is 42.5 Å². The summed E-state index contributed by atoms with van der Waals surface area (Å²) in [5.41, 5.74) is 5.02. The van der Waals surface area contributed by atoms with Crippen LogP contribution in [0.2, 0.25) is 5.02 Å². The van der Waals surface area contributed by atoms with Gasteiger partial charge in [-0.15, -0.1) is 10.1 Å². The Balaban J connectivity index is 1.71. The van der Waals surface area contributed by atoms with Crippen LogP contribution < -0.4 is 15.5 Å². The van der Waals surface area contributed by atoms with Crippen molar-refractivity contribution < 1.29 is 19.0 Å². The molecule has 31 heavy (non-hydrogen) atoms. The van der Waals surface area contributed by atoms with Crippen molar-refractivity contribution in [1.29, 1.82) is 0 Å². The molecular formula is C24H21ClN3O3+. The number of benzene rings is 3. The molecule has 3 aromatic rings. The summed E-state index contributed by atoms with van der Waals surface area (Å²) in [6.07, 6.45) is 1.81. The van der Waals surface area contributed by atoms with Crippen LogP contribution in [0.3, 0.4) is 0 Å². The molecule has 1 aliphatic heterocycles. The number of nitrogens with one attached hydrogen (secondary N) is 2. The van der Waals surface area contributed by atoms with Crippen molar-refractivity contribution in [2.75, 3.05) is 7.11 Å². The number of amides is 2. The van der Waals surface area contributed by atoms with Gasteiger partial charge in [-0.1, -0.05) is 48.0 Å². The Labute approximate surface area is 185 Å². The highest BCUT2D eigenvalue weighted by Crippen LogP contribution is 2.27. The first-order chi connectivity index (χ1) is 15.0. The molecule has 1 saturated heterocycles. The Morgan fingerprint density at radius 2 is 1.81 bits per heavy atom. The highest BCUT2D eigenvalue weighted by molar-refractivity contribution is 6.30. The predicted molar refractivity (Wildman–Crippen MR) is 118 cm³/mol. The average Bonchev–Trinajstić information content (AvgIpc) is 3.09. The van der Waals surface area contributed by atoms with E-state index >= 15 is 0 Å². The Morgan fingerprint density at radius 3 is 2.52 bits per heavy atom. The number of carbonyl (C=O) groups excluding carboxylic acids is 2. The summed E-state index contributed by atoms with van der Waals surface area (Å²) in [7, 11) is 1.60. The summed E-state index contributed by atoms with van der Waals surface area (Å²) >= 11 is 6.06. The van der Waals surface area contributed by atoms with E-state index in [0.717, 1.165) is 11.1 Å². The van der Waals surface area contributed by atoms with Gasteiger partial charge in [-0.3, -0.25) is 9.59 Å². The molecule has 7 heteroatoms. The van der Waals surface area contributed by atoms with E-state index in [4.69, 9.17) is 16.3 Å². The lowest BCUT2D eigenvalue weighted by Crippen LogP contribution is -2.42. The standard InChI is InChI=1S/C24H20ClN3O3/c1-31-20-9-5-6-16(14-20)15-28-22(17-10-12-19(25)13-11-17)21(24(30)27-28)26-23(29)18-7-3-2-4-8-18/h2-15,21-22H,1H3,(H-,26,27,29,30)/p+1/b28-15-/t21-,22+/m1/s1. The monoisotopic (exact) mass is 434 g/mol. The van der Waals surface area contributed by atoms with Crippen LogP contribution in [-0.4, -0.2) is 35.9 Å². The van der Waals surface area contributed by atoms with Crippen LogP contribution >= 0.6 is 11.6 Å². The van der Waals surface area contributed by atoms with Gasteiger partial charge in [0.1, 0.15) is 5.75 Å². The quantitative estimate of drug-likeness (QED) is 0.605. The summed E-state index contributed by atoms with van der Waals surface area (Å²) in [4.78, 5) is 25.6. The second-order valence-electron chi connectivity index (χ2n) is 7.10. The fourth-order valence-corrected chi connectivity index (χ4v) is 3.66. The van der Waals surface area contributed by atoms with E-state index in [-0.39, 0.29) is 11.8 Å². The number of ether oxygens (including phenoxy) is 1. The first-order valence-corrected chi connectivity index (χ1v) is 10.1. The molecule has 2 N–H and O–H groups in total. The molecule has 1 fully saturated rings. The van der Waals surface area contributed by atoms with Crippen molar-refractivity contribution >= 4 is 29.6 Å². The SMILES string of the molecule is COc1cccc(/C=[N+]2\NC(=O)[C@H](NC(=O)c3ccccc3)[C@@H]2c2ccc(Cl)cc2)c1. The molecule has 0 unspecified atom stereocenters. The third-order valence-electron chi connectivity index (χ3n) is 5.05. The molecule has 1 aliphatic rings. The minimum Gasteiger partial charge on any atom is -0.497 e.